The Bertz CT molecular complexity index is 572. The predicted octanol–water partition coefficient (Wildman–Crippen LogP) is 3.23. The molecule has 0 fully saturated rings. The Balaban J connectivity index is 2.18. The number of rotatable bonds is 4. The van der Waals surface area contributed by atoms with Gasteiger partial charge in [0.25, 0.3) is 0 Å². The number of aryl methyl sites for hydroxylation is 2. The van der Waals surface area contributed by atoms with Crippen LogP contribution >= 0.6 is 11.8 Å². The maximum atomic E-state index is 4.50. The number of aromatic nitrogens is 3. The summed E-state index contributed by atoms with van der Waals surface area (Å²) in [6, 6.07) is 4.41. The van der Waals surface area contributed by atoms with Crippen molar-refractivity contribution in [2.24, 2.45) is 0 Å². The normalized spacial score (nSPS) is 12.4. The lowest BCUT2D eigenvalue weighted by Gasteiger charge is -2.10. The van der Waals surface area contributed by atoms with Gasteiger partial charge in [-0.2, -0.15) is 0 Å². The van der Waals surface area contributed by atoms with Crippen molar-refractivity contribution in [1.82, 2.24) is 20.3 Å². The van der Waals surface area contributed by atoms with E-state index in [1.165, 1.54) is 17.3 Å². The molecule has 0 aliphatic heterocycles. The Morgan fingerprint density at radius 2 is 1.75 bits per heavy atom. The second kappa shape index (κ2) is 6.33. The van der Waals surface area contributed by atoms with E-state index in [0.29, 0.717) is 6.04 Å². The van der Waals surface area contributed by atoms with Crippen molar-refractivity contribution < 1.29 is 0 Å². The third-order valence-corrected chi connectivity index (χ3v) is 4.32. The molecule has 106 valence electrons. The first-order valence-corrected chi connectivity index (χ1v) is 7.46. The highest BCUT2D eigenvalue weighted by molar-refractivity contribution is 7.99. The summed E-state index contributed by atoms with van der Waals surface area (Å²) in [5, 5.41) is 4.87. The van der Waals surface area contributed by atoms with E-state index in [4.69, 9.17) is 0 Å². The fraction of sp³-hybridized carbons (Fsp3) is 0.400. The highest BCUT2D eigenvalue weighted by atomic mass is 32.2. The molecular weight excluding hydrogens is 268 g/mol. The van der Waals surface area contributed by atoms with Gasteiger partial charge >= 0.3 is 0 Å². The molecule has 0 aliphatic rings. The van der Waals surface area contributed by atoms with Gasteiger partial charge in [-0.25, -0.2) is 15.0 Å². The molecule has 0 radical (unpaired) electrons. The highest BCUT2D eigenvalue weighted by Gasteiger charge is 2.08. The standard InChI is InChI=1S/C15H20N4S/c1-9-10(2)18-15(19-11(9)3)20-14-7-6-13(8-17-14)12(4)16-5/h6-8,12,16H,1-5H3. The SMILES string of the molecule is CNC(C)c1ccc(Sc2nc(C)c(C)c(C)n2)nc1. The molecule has 2 aromatic rings. The third kappa shape index (κ3) is 3.35. The Morgan fingerprint density at radius 1 is 1.10 bits per heavy atom. The molecule has 0 amide bonds. The minimum atomic E-state index is 0.307. The lowest BCUT2D eigenvalue weighted by Crippen LogP contribution is -2.12. The number of nitrogens with one attached hydrogen (secondary N) is 1. The minimum Gasteiger partial charge on any atom is -0.313 e. The molecule has 0 bridgehead atoms. The van der Waals surface area contributed by atoms with Crippen molar-refractivity contribution in [1.29, 1.82) is 0 Å². The second-order valence-corrected chi connectivity index (χ2v) is 5.83. The van der Waals surface area contributed by atoms with Crippen LogP contribution in [0, 0.1) is 20.8 Å². The van der Waals surface area contributed by atoms with Gasteiger partial charge in [0.2, 0.25) is 0 Å². The summed E-state index contributed by atoms with van der Waals surface area (Å²) in [4.78, 5) is 13.5. The zero-order valence-corrected chi connectivity index (χ0v) is 13.4. The highest BCUT2D eigenvalue weighted by Crippen LogP contribution is 2.25. The van der Waals surface area contributed by atoms with Gasteiger partial charge < -0.3 is 5.32 Å². The third-order valence-electron chi connectivity index (χ3n) is 3.50. The number of pyridine rings is 1. The van der Waals surface area contributed by atoms with E-state index >= 15 is 0 Å². The fourth-order valence-electron chi connectivity index (χ4n) is 1.76. The molecular formula is C15H20N4S. The van der Waals surface area contributed by atoms with Crippen LogP contribution in [-0.2, 0) is 0 Å². The topological polar surface area (TPSA) is 50.7 Å². The van der Waals surface area contributed by atoms with Crippen LogP contribution in [0.15, 0.2) is 28.5 Å². The van der Waals surface area contributed by atoms with Crippen molar-refractivity contribution in [3.8, 4) is 0 Å². The van der Waals surface area contributed by atoms with E-state index in [2.05, 4.69) is 33.3 Å². The van der Waals surface area contributed by atoms with E-state index in [1.54, 1.807) is 0 Å². The first-order chi connectivity index (χ1) is 9.51. The second-order valence-electron chi connectivity index (χ2n) is 4.84. The van der Waals surface area contributed by atoms with E-state index in [-0.39, 0.29) is 0 Å². The zero-order chi connectivity index (χ0) is 14.7. The van der Waals surface area contributed by atoms with Crippen LogP contribution in [0.1, 0.15) is 35.5 Å². The lowest BCUT2D eigenvalue weighted by molar-refractivity contribution is 0.648. The minimum absolute atomic E-state index is 0.307. The summed E-state index contributed by atoms with van der Waals surface area (Å²) in [6.45, 7) is 8.18. The van der Waals surface area contributed by atoms with Crippen molar-refractivity contribution in [2.45, 2.75) is 43.9 Å². The average molecular weight is 288 g/mol. The van der Waals surface area contributed by atoms with Crippen molar-refractivity contribution in [2.75, 3.05) is 7.05 Å². The van der Waals surface area contributed by atoms with Crippen molar-refractivity contribution in [3.05, 3.63) is 40.8 Å². The molecule has 0 saturated heterocycles. The lowest BCUT2D eigenvalue weighted by atomic mass is 10.1. The smallest absolute Gasteiger partial charge is 0.194 e. The molecule has 20 heavy (non-hydrogen) atoms. The maximum absolute atomic E-state index is 4.50. The van der Waals surface area contributed by atoms with Gasteiger partial charge in [0, 0.05) is 23.6 Å². The van der Waals surface area contributed by atoms with Gasteiger partial charge in [-0.3, -0.25) is 0 Å². The Hall–Kier alpha value is -1.46. The fourth-order valence-corrected chi connectivity index (χ4v) is 2.55. The summed E-state index contributed by atoms with van der Waals surface area (Å²) in [6.07, 6.45) is 1.90. The van der Waals surface area contributed by atoms with E-state index in [9.17, 15) is 0 Å². The molecule has 1 unspecified atom stereocenters. The molecule has 2 heterocycles. The summed E-state index contributed by atoms with van der Waals surface area (Å²) in [5.41, 5.74) is 4.38. The maximum Gasteiger partial charge on any atom is 0.194 e. The Labute approximate surface area is 124 Å². The van der Waals surface area contributed by atoms with Crippen molar-refractivity contribution in [3.63, 3.8) is 0 Å². The number of hydrogen-bond acceptors (Lipinski definition) is 5. The van der Waals surface area contributed by atoms with Crippen molar-refractivity contribution >= 4 is 11.8 Å². The molecule has 0 aliphatic carbocycles. The first-order valence-electron chi connectivity index (χ1n) is 6.64. The van der Waals surface area contributed by atoms with E-state index in [1.807, 2.05) is 40.1 Å². The van der Waals surface area contributed by atoms with Gasteiger partial charge in [-0.05, 0) is 63.7 Å². The van der Waals surface area contributed by atoms with Crippen LogP contribution in [0.2, 0.25) is 0 Å². The van der Waals surface area contributed by atoms with E-state index < -0.39 is 0 Å². The predicted molar refractivity (Wildman–Crippen MR) is 82.1 cm³/mol. The van der Waals surface area contributed by atoms with Gasteiger partial charge in [0.15, 0.2) is 5.16 Å². The molecule has 1 N–H and O–H groups in total. The average Bonchev–Trinajstić information content (AvgIpc) is 2.44. The van der Waals surface area contributed by atoms with Gasteiger partial charge in [0.05, 0.1) is 0 Å². The summed E-state index contributed by atoms with van der Waals surface area (Å²) >= 11 is 1.50. The first kappa shape index (κ1) is 14.9. The Kier molecular flexibility index (Phi) is 4.73. The van der Waals surface area contributed by atoms with E-state index in [0.717, 1.165) is 27.1 Å². The molecule has 0 saturated carbocycles. The number of nitrogens with zero attached hydrogens (tertiary/aromatic N) is 3. The number of hydrogen-bond donors (Lipinski definition) is 1. The molecule has 2 rings (SSSR count). The van der Waals surface area contributed by atoms with Gasteiger partial charge in [-0.1, -0.05) is 6.07 Å². The molecule has 1 atom stereocenters. The largest absolute Gasteiger partial charge is 0.313 e. The van der Waals surface area contributed by atoms with Crippen LogP contribution in [0.3, 0.4) is 0 Å². The summed E-state index contributed by atoms with van der Waals surface area (Å²) < 4.78 is 0. The molecule has 2 aromatic heterocycles. The van der Waals surface area contributed by atoms with Crippen LogP contribution in [0.25, 0.3) is 0 Å². The molecule has 5 heteroatoms. The monoisotopic (exact) mass is 288 g/mol. The molecule has 0 spiro atoms. The van der Waals surface area contributed by atoms with Crippen LogP contribution in [0.4, 0.5) is 0 Å². The van der Waals surface area contributed by atoms with Crippen LogP contribution < -0.4 is 5.32 Å². The van der Waals surface area contributed by atoms with Gasteiger partial charge in [-0.15, -0.1) is 0 Å². The Morgan fingerprint density at radius 3 is 2.25 bits per heavy atom. The zero-order valence-electron chi connectivity index (χ0n) is 12.6. The quantitative estimate of drug-likeness (QED) is 0.875. The molecule has 0 aromatic carbocycles. The van der Waals surface area contributed by atoms with Crippen LogP contribution in [-0.4, -0.2) is 22.0 Å². The van der Waals surface area contributed by atoms with Gasteiger partial charge in [0.1, 0.15) is 5.03 Å². The van der Waals surface area contributed by atoms with Crippen LogP contribution in [0.5, 0.6) is 0 Å². The summed E-state index contributed by atoms with van der Waals surface area (Å²) in [5.74, 6) is 0. The summed E-state index contributed by atoms with van der Waals surface area (Å²) in [7, 11) is 1.94. The molecule has 4 nitrogen and oxygen atoms in total.